The van der Waals surface area contributed by atoms with Crippen LogP contribution in [0.15, 0.2) is 29.3 Å². The van der Waals surface area contributed by atoms with Crippen molar-refractivity contribution >= 4 is 29.9 Å². The van der Waals surface area contributed by atoms with Crippen LogP contribution in [0.4, 0.5) is 0 Å². The van der Waals surface area contributed by atoms with Crippen molar-refractivity contribution < 1.29 is 9.47 Å². The van der Waals surface area contributed by atoms with Gasteiger partial charge in [-0.2, -0.15) is 0 Å². The average Bonchev–Trinajstić information content (AvgIpc) is 3.36. The molecule has 1 fully saturated rings. The number of aryl methyl sites for hydroxylation is 1. The van der Waals surface area contributed by atoms with Gasteiger partial charge in [-0.05, 0) is 31.5 Å². The van der Waals surface area contributed by atoms with E-state index >= 15 is 0 Å². The van der Waals surface area contributed by atoms with Crippen molar-refractivity contribution in [2.45, 2.75) is 32.4 Å². The number of ether oxygens (including phenoxy) is 2. The van der Waals surface area contributed by atoms with Gasteiger partial charge in [0.15, 0.2) is 11.8 Å². The van der Waals surface area contributed by atoms with Gasteiger partial charge in [-0.15, -0.1) is 34.2 Å². The summed E-state index contributed by atoms with van der Waals surface area (Å²) in [6, 6.07) is 8.24. The molecule has 1 saturated heterocycles. The maximum atomic E-state index is 6.06. The summed E-state index contributed by atoms with van der Waals surface area (Å²) >= 11 is 0. The predicted octanol–water partition coefficient (Wildman–Crippen LogP) is 1.50. The zero-order valence-electron chi connectivity index (χ0n) is 18.9. The topological polar surface area (TPSA) is 88.8 Å². The van der Waals surface area contributed by atoms with Gasteiger partial charge in [0.2, 0.25) is 0 Å². The zero-order chi connectivity index (χ0) is 21.5. The Labute approximate surface area is 207 Å². The molecule has 176 valence electrons. The highest BCUT2D eigenvalue weighted by molar-refractivity contribution is 14.0. The van der Waals surface area contributed by atoms with E-state index in [1.807, 2.05) is 30.7 Å². The molecular weight excluding hydrogens is 521 g/mol. The van der Waals surface area contributed by atoms with Gasteiger partial charge in [0.1, 0.15) is 24.2 Å². The van der Waals surface area contributed by atoms with Crippen LogP contribution >= 0.6 is 24.0 Å². The molecule has 3 heterocycles. The fourth-order valence-corrected chi connectivity index (χ4v) is 3.83. The Bertz CT molecular complexity index is 858. The van der Waals surface area contributed by atoms with E-state index < -0.39 is 0 Å². The summed E-state index contributed by atoms with van der Waals surface area (Å²) in [5.41, 5.74) is 1.26. The molecule has 10 heteroatoms. The number of morpholine rings is 1. The van der Waals surface area contributed by atoms with E-state index in [1.54, 1.807) is 0 Å². The third kappa shape index (κ3) is 6.79. The van der Waals surface area contributed by atoms with Gasteiger partial charge in [0.05, 0.1) is 19.8 Å². The molecule has 9 nitrogen and oxygen atoms in total. The molecule has 2 N–H and O–H groups in total. The van der Waals surface area contributed by atoms with E-state index in [-0.39, 0.29) is 30.1 Å². The van der Waals surface area contributed by atoms with E-state index in [1.165, 1.54) is 5.56 Å². The highest BCUT2D eigenvalue weighted by Crippen LogP contribution is 2.27. The number of halogens is 1. The summed E-state index contributed by atoms with van der Waals surface area (Å²) in [5.74, 6) is 3.50. The molecule has 0 radical (unpaired) electrons. The normalized spacial score (nSPS) is 18.6. The summed E-state index contributed by atoms with van der Waals surface area (Å²) in [6.07, 6.45) is 2.07. The standard InChI is InChI=1S/C22H33N7O2.HI/c1-17-26-27-21(28(17)2)16-25-22(23-8-5-9-29-10-12-30-13-11-29)24-15-19-14-18-6-3-4-7-20(18)31-19;/h3-4,6-7,19H,5,8-16H2,1-2H3,(H2,23,24,25);1H. The number of guanidine groups is 1. The lowest BCUT2D eigenvalue weighted by molar-refractivity contribution is 0.0376. The van der Waals surface area contributed by atoms with Crippen LogP contribution in [-0.4, -0.2) is 77.7 Å². The summed E-state index contributed by atoms with van der Waals surface area (Å²) < 4.78 is 13.4. The number of fused-ring (bicyclic) bond motifs is 1. The van der Waals surface area contributed by atoms with Crippen LogP contribution in [0.5, 0.6) is 5.75 Å². The lowest BCUT2D eigenvalue weighted by atomic mass is 10.1. The molecule has 1 aromatic heterocycles. The number of hydrogen-bond acceptors (Lipinski definition) is 6. The third-order valence-corrected chi connectivity index (χ3v) is 5.82. The highest BCUT2D eigenvalue weighted by Gasteiger charge is 2.22. The van der Waals surface area contributed by atoms with Crippen molar-refractivity contribution in [3.05, 3.63) is 41.5 Å². The fourth-order valence-electron chi connectivity index (χ4n) is 3.83. The maximum absolute atomic E-state index is 6.06. The molecule has 0 amide bonds. The number of aliphatic imine (C=N–C) groups is 1. The first-order chi connectivity index (χ1) is 15.2. The van der Waals surface area contributed by atoms with Crippen LogP contribution in [0.3, 0.4) is 0 Å². The zero-order valence-corrected chi connectivity index (χ0v) is 21.2. The number of hydrogen-bond donors (Lipinski definition) is 2. The van der Waals surface area contributed by atoms with Crippen LogP contribution in [0, 0.1) is 6.92 Å². The largest absolute Gasteiger partial charge is 0.488 e. The number of benzene rings is 1. The van der Waals surface area contributed by atoms with Crippen LogP contribution in [0.2, 0.25) is 0 Å². The molecular formula is C22H34IN7O2. The molecule has 4 rings (SSSR count). The predicted molar refractivity (Wildman–Crippen MR) is 135 cm³/mol. The monoisotopic (exact) mass is 555 g/mol. The summed E-state index contributed by atoms with van der Waals surface area (Å²) in [6.45, 7) is 8.74. The van der Waals surface area contributed by atoms with Crippen LogP contribution in [0.1, 0.15) is 23.6 Å². The lowest BCUT2D eigenvalue weighted by Crippen LogP contribution is -2.43. The maximum Gasteiger partial charge on any atom is 0.191 e. The van der Waals surface area contributed by atoms with Gasteiger partial charge in [-0.1, -0.05) is 18.2 Å². The lowest BCUT2D eigenvalue weighted by Gasteiger charge is -2.26. The van der Waals surface area contributed by atoms with Crippen molar-refractivity contribution in [2.75, 3.05) is 45.9 Å². The Morgan fingerprint density at radius 1 is 1.19 bits per heavy atom. The second-order valence-corrected chi connectivity index (χ2v) is 8.05. The quantitative estimate of drug-likeness (QED) is 0.221. The van der Waals surface area contributed by atoms with Crippen LogP contribution in [0.25, 0.3) is 0 Å². The van der Waals surface area contributed by atoms with Crippen LogP contribution < -0.4 is 15.4 Å². The van der Waals surface area contributed by atoms with Crippen molar-refractivity contribution in [3.8, 4) is 5.75 Å². The average molecular weight is 555 g/mol. The van der Waals surface area contributed by atoms with Gasteiger partial charge in [0.25, 0.3) is 0 Å². The molecule has 2 aliphatic rings. The number of rotatable bonds is 8. The van der Waals surface area contributed by atoms with E-state index in [9.17, 15) is 0 Å². The molecule has 0 saturated carbocycles. The second-order valence-electron chi connectivity index (χ2n) is 8.05. The SMILES string of the molecule is Cc1nnc(CN=C(NCCCN2CCOCC2)NCC2Cc3ccccc3O2)n1C.I. The Hall–Kier alpha value is -1.92. The molecule has 0 bridgehead atoms. The van der Waals surface area contributed by atoms with Gasteiger partial charge in [-0.3, -0.25) is 4.90 Å². The minimum atomic E-state index is 0. The summed E-state index contributed by atoms with van der Waals surface area (Å²) in [4.78, 5) is 7.19. The van der Waals surface area contributed by atoms with E-state index in [0.717, 1.165) is 75.6 Å². The molecule has 32 heavy (non-hydrogen) atoms. The van der Waals surface area contributed by atoms with E-state index in [2.05, 4.69) is 37.9 Å². The van der Waals surface area contributed by atoms with Gasteiger partial charge in [0, 0.05) is 33.1 Å². The molecule has 1 unspecified atom stereocenters. The molecule has 0 spiro atoms. The first kappa shape index (κ1) is 24.7. The van der Waals surface area contributed by atoms with Gasteiger partial charge >= 0.3 is 0 Å². The van der Waals surface area contributed by atoms with Crippen molar-refractivity contribution in [3.63, 3.8) is 0 Å². The third-order valence-electron chi connectivity index (χ3n) is 5.82. The van der Waals surface area contributed by atoms with E-state index in [0.29, 0.717) is 13.1 Å². The molecule has 2 aliphatic heterocycles. The minimum absolute atomic E-state index is 0. The number of nitrogens with one attached hydrogen (secondary N) is 2. The second kappa shape index (κ2) is 12.4. The van der Waals surface area contributed by atoms with Gasteiger partial charge in [-0.25, -0.2) is 4.99 Å². The van der Waals surface area contributed by atoms with E-state index in [4.69, 9.17) is 14.5 Å². The van der Waals surface area contributed by atoms with Gasteiger partial charge < -0.3 is 24.7 Å². The number of aromatic nitrogens is 3. The minimum Gasteiger partial charge on any atom is -0.488 e. The highest BCUT2D eigenvalue weighted by atomic mass is 127. The Morgan fingerprint density at radius 2 is 2.00 bits per heavy atom. The first-order valence-corrected chi connectivity index (χ1v) is 11.1. The number of nitrogens with zero attached hydrogens (tertiary/aromatic N) is 5. The van der Waals surface area contributed by atoms with Crippen molar-refractivity contribution in [1.29, 1.82) is 0 Å². The Balaban J connectivity index is 0.00000289. The Morgan fingerprint density at radius 3 is 2.75 bits per heavy atom. The fraction of sp³-hybridized carbons (Fsp3) is 0.591. The number of para-hydroxylation sites is 1. The van der Waals surface area contributed by atoms with Crippen molar-refractivity contribution in [2.24, 2.45) is 12.0 Å². The van der Waals surface area contributed by atoms with Crippen molar-refractivity contribution in [1.82, 2.24) is 30.3 Å². The molecule has 0 aliphatic carbocycles. The molecule has 1 aromatic carbocycles. The smallest absolute Gasteiger partial charge is 0.191 e. The van der Waals surface area contributed by atoms with Crippen LogP contribution in [-0.2, 0) is 24.8 Å². The Kier molecular flexibility index (Phi) is 9.54. The molecule has 1 atom stereocenters. The summed E-state index contributed by atoms with van der Waals surface area (Å²) in [7, 11) is 1.96. The summed E-state index contributed by atoms with van der Waals surface area (Å²) in [5, 5.41) is 15.3. The molecule has 2 aromatic rings. The first-order valence-electron chi connectivity index (χ1n) is 11.1.